The van der Waals surface area contributed by atoms with Crippen molar-refractivity contribution in [2.75, 3.05) is 0 Å². The molecule has 0 atom stereocenters. The van der Waals surface area contributed by atoms with E-state index in [1.807, 2.05) is 0 Å². The van der Waals surface area contributed by atoms with Gasteiger partial charge < -0.3 is 4.40 Å². The average molecular weight is 264 g/mol. The zero-order chi connectivity index (χ0) is 13.6. The smallest absolute Gasteiger partial charge is 0.308 e. The van der Waals surface area contributed by atoms with Crippen LogP contribution in [0.25, 0.3) is 16.4 Å². The second kappa shape index (κ2) is 3.81. The Morgan fingerprint density at radius 1 is 1.00 bits per heavy atom. The largest absolute Gasteiger partial charge is 0.417 e. The van der Waals surface area contributed by atoms with Gasteiger partial charge in [0, 0.05) is 23.8 Å². The van der Waals surface area contributed by atoms with Crippen molar-refractivity contribution >= 4 is 16.4 Å². The molecular weight excluding hydrogens is 257 g/mol. The predicted octanol–water partition coefficient (Wildman–Crippen LogP) is 2.87. The molecule has 0 aliphatic rings. The SMILES string of the molecule is O=c1ccn2ccc3c(C(F)(F)F)cccc3c2n1. The fraction of sp³-hybridized carbons (Fsp3) is 0.0769. The molecule has 0 saturated heterocycles. The van der Waals surface area contributed by atoms with Crippen LogP contribution >= 0.6 is 0 Å². The number of fused-ring (bicyclic) bond motifs is 3. The summed E-state index contributed by atoms with van der Waals surface area (Å²) in [6.45, 7) is 0. The number of halogens is 3. The van der Waals surface area contributed by atoms with Gasteiger partial charge >= 0.3 is 6.18 Å². The number of alkyl halides is 3. The van der Waals surface area contributed by atoms with E-state index >= 15 is 0 Å². The van der Waals surface area contributed by atoms with Crippen LogP contribution in [0.2, 0.25) is 0 Å². The lowest BCUT2D eigenvalue weighted by molar-refractivity contribution is -0.136. The molecule has 0 N–H and O–H groups in total. The monoisotopic (exact) mass is 264 g/mol. The number of hydrogen-bond donors (Lipinski definition) is 0. The topological polar surface area (TPSA) is 34.4 Å². The van der Waals surface area contributed by atoms with Crippen LogP contribution in [0.15, 0.2) is 47.5 Å². The third-order valence-electron chi connectivity index (χ3n) is 2.89. The summed E-state index contributed by atoms with van der Waals surface area (Å²) in [6.07, 6.45) is -1.50. The third kappa shape index (κ3) is 1.85. The van der Waals surface area contributed by atoms with Crippen LogP contribution in [0, 0.1) is 0 Å². The van der Waals surface area contributed by atoms with Crippen molar-refractivity contribution in [2.45, 2.75) is 6.18 Å². The van der Waals surface area contributed by atoms with E-state index < -0.39 is 17.3 Å². The Morgan fingerprint density at radius 3 is 2.47 bits per heavy atom. The molecule has 0 aliphatic carbocycles. The number of hydrogen-bond acceptors (Lipinski definition) is 2. The molecule has 19 heavy (non-hydrogen) atoms. The summed E-state index contributed by atoms with van der Waals surface area (Å²) in [5.74, 6) is 0. The summed E-state index contributed by atoms with van der Waals surface area (Å²) in [4.78, 5) is 15.0. The highest BCUT2D eigenvalue weighted by Crippen LogP contribution is 2.35. The second-order valence-electron chi connectivity index (χ2n) is 4.08. The maximum Gasteiger partial charge on any atom is 0.417 e. The van der Waals surface area contributed by atoms with E-state index in [1.165, 1.54) is 41.1 Å². The van der Waals surface area contributed by atoms with E-state index in [2.05, 4.69) is 4.98 Å². The van der Waals surface area contributed by atoms with Crippen LogP contribution in [0.3, 0.4) is 0 Å². The lowest BCUT2D eigenvalue weighted by Crippen LogP contribution is -2.09. The van der Waals surface area contributed by atoms with E-state index in [0.717, 1.165) is 6.07 Å². The summed E-state index contributed by atoms with van der Waals surface area (Å²) in [7, 11) is 0. The van der Waals surface area contributed by atoms with Crippen molar-refractivity contribution in [1.29, 1.82) is 0 Å². The minimum Gasteiger partial charge on any atom is -0.308 e. The Morgan fingerprint density at radius 2 is 1.74 bits per heavy atom. The van der Waals surface area contributed by atoms with Crippen molar-refractivity contribution in [1.82, 2.24) is 9.38 Å². The summed E-state index contributed by atoms with van der Waals surface area (Å²) >= 11 is 0. The van der Waals surface area contributed by atoms with Crippen molar-refractivity contribution < 1.29 is 13.2 Å². The van der Waals surface area contributed by atoms with Gasteiger partial charge in [-0.3, -0.25) is 4.79 Å². The first-order chi connectivity index (χ1) is 8.97. The summed E-state index contributed by atoms with van der Waals surface area (Å²) in [5.41, 5.74) is -0.994. The average Bonchev–Trinajstić information content (AvgIpc) is 2.36. The fourth-order valence-electron chi connectivity index (χ4n) is 2.08. The lowest BCUT2D eigenvalue weighted by atomic mass is 10.1. The minimum absolute atomic E-state index is 0.0353. The molecule has 2 heterocycles. The molecule has 96 valence electrons. The van der Waals surface area contributed by atoms with Crippen LogP contribution in [0.4, 0.5) is 13.2 Å². The first kappa shape index (κ1) is 11.7. The minimum atomic E-state index is -4.44. The Hall–Kier alpha value is -2.37. The van der Waals surface area contributed by atoms with Crippen molar-refractivity contribution in [2.24, 2.45) is 0 Å². The Kier molecular flexibility index (Phi) is 2.35. The standard InChI is InChI=1S/C13H7F3N2O/c14-13(15,16)10-3-1-2-9-8(10)4-6-18-7-5-11(19)17-12(9)18/h1-7H. The van der Waals surface area contributed by atoms with Crippen LogP contribution in [-0.2, 0) is 6.18 Å². The van der Waals surface area contributed by atoms with Gasteiger partial charge in [-0.2, -0.15) is 18.2 Å². The molecule has 3 aromatic rings. The van der Waals surface area contributed by atoms with E-state index in [9.17, 15) is 18.0 Å². The van der Waals surface area contributed by atoms with Crippen LogP contribution < -0.4 is 5.56 Å². The van der Waals surface area contributed by atoms with Crippen molar-refractivity contribution in [3.8, 4) is 0 Å². The van der Waals surface area contributed by atoms with Crippen LogP contribution in [-0.4, -0.2) is 9.38 Å². The highest BCUT2D eigenvalue weighted by atomic mass is 19.4. The van der Waals surface area contributed by atoms with Gasteiger partial charge in [-0.1, -0.05) is 12.1 Å². The van der Waals surface area contributed by atoms with Gasteiger partial charge in [0.05, 0.1) is 5.56 Å². The van der Waals surface area contributed by atoms with E-state index in [0.29, 0.717) is 5.39 Å². The normalized spacial score (nSPS) is 12.2. The van der Waals surface area contributed by atoms with Gasteiger partial charge in [0.25, 0.3) is 5.56 Å². The zero-order valence-corrected chi connectivity index (χ0v) is 9.48. The second-order valence-corrected chi connectivity index (χ2v) is 4.08. The maximum atomic E-state index is 12.9. The van der Waals surface area contributed by atoms with E-state index in [4.69, 9.17) is 0 Å². The molecule has 2 aromatic heterocycles. The number of nitrogens with zero attached hydrogens (tertiary/aromatic N) is 2. The lowest BCUT2D eigenvalue weighted by Gasteiger charge is -2.11. The molecule has 0 saturated carbocycles. The van der Waals surface area contributed by atoms with Gasteiger partial charge in [0.1, 0.15) is 5.65 Å². The van der Waals surface area contributed by atoms with Gasteiger partial charge in [0.15, 0.2) is 0 Å². The molecule has 0 aliphatic heterocycles. The first-order valence-electron chi connectivity index (χ1n) is 5.45. The summed E-state index contributed by atoms with van der Waals surface area (Å²) in [5, 5.41) is 0.336. The van der Waals surface area contributed by atoms with Gasteiger partial charge in [-0.15, -0.1) is 0 Å². The van der Waals surface area contributed by atoms with Gasteiger partial charge in [-0.05, 0) is 17.5 Å². The quantitative estimate of drug-likeness (QED) is 0.585. The molecule has 6 heteroatoms. The zero-order valence-electron chi connectivity index (χ0n) is 9.48. The van der Waals surface area contributed by atoms with E-state index in [1.54, 1.807) is 0 Å². The number of aromatic nitrogens is 2. The maximum absolute atomic E-state index is 12.9. The molecule has 0 radical (unpaired) electrons. The van der Waals surface area contributed by atoms with Gasteiger partial charge in [-0.25, -0.2) is 0 Å². The Labute approximate surface area is 104 Å². The molecular formula is C13H7F3N2O. The highest BCUT2D eigenvalue weighted by Gasteiger charge is 2.32. The number of rotatable bonds is 0. The third-order valence-corrected chi connectivity index (χ3v) is 2.89. The van der Waals surface area contributed by atoms with Crippen molar-refractivity contribution in [3.63, 3.8) is 0 Å². The highest BCUT2D eigenvalue weighted by molar-refractivity contribution is 5.96. The van der Waals surface area contributed by atoms with Crippen LogP contribution in [0.5, 0.6) is 0 Å². The number of pyridine rings is 1. The molecule has 3 rings (SSSR count). The van der Waals surface area contributed by atoms with Crippen molar-refractivity contribution in [3.05, 3.63) is 58.6 Å². The number of benzene rings is 1. The summed E-state index contributed by atoms with van der Waals surface area (Å²) in [6, 6.07) is 6.47. The van der Waals surface area contributed by atoms with Gasteiger partial charge in [0.2, 0.25) is 0 Å². The Balaban J connectivity index is 2.51. The predicted molar refractivity (Wildman–Crippen MR) is 64.0 cm³/mol. The fourth-order valence-corrected chi connectivity index (χ4v) is 2.08. The first-order valence-corrected chi connectivity index (χ1v) is 5.45. The Bertz CT molecular complexity index is 837. The molecule has 1 aromatic carbocycles. The summed E-state index contributed by atoms with van der Waals surface area (Å²) < 4.78 is 40.2. The van der Waals surface area contributed by atoms with E-state index in [-0.39, 0.29) is 11.0 Å². The molecule has 3 nitrogen and oxygen atoms in total. The molecule has 0 bridgehead atoms. The molecule has 0 amide bonds. The molecule has 0 unspecified atom stereocenters. The molecule has 0 fully saturated rings. The van der Waals surface area contributed by atoms with Crippen LogP contribution in [0.1, 0.15) is 5.56 Å². The molecule has 0 spiro atoms.